The first-order valence-electron chi connectivity index (χ1n) is 4.70. The summed E-state index contributed by atoms with van der Waals surface area (Å²) in [7, 11) is 0. The minimum atomic E-state index is 0.0167. The number of carbonyl (C=O) groups is 2. The molecule has 6 heteroatoms. The summed E-state index contributed by atoms with van der Waals surface area (Å²) >= 11 is 1.21. The molecule has 0 unspecified atom stereocenters. The Morgan fingerprint density at radius 2 is 2.13 bits per heavy atom. The Balaban J connectivity index is 1.96. The van der Waals surface area contributed by atoms with Crippen molar-refractivity contribution < 1.29 is 9.59 Å². The normalized spacial score (nSPS) is 16.5. The van der Waals surface area contributed by atoms with Crippen LogP contribution in [0.5, 0.6) is 0 Å². The summed E-state index contributed by atoms with van der Waals surface area (Å²) in [5.74, 6) is 0.0167. The Kier molecular flexibility index (Phi) is 2.96. The van der Waals surface area contributed by atoms with Gasteiger partial charge in [0, 0.05) is 32.4 Å². The molecule has 2 heterocycles. The van der Waals surface area contributed by atoms with Gasteiger partial charge in [0.05, 0.1) is 0 Å². The maximum absolute atomic E-state index is 11.8. The number of carbonyl (C=O) groups excluding carboxylic acids is 2. The molecule has 0 atom stereocenters. The van der Waals surface area contributed by atoms with Crippen molar-refractivity contribution in [2.24, 2.45) is 0 Å². The third-order valence-electron chi connectivity index (χ3n) is 2.40. The molecule has 0 saturated carbocycles. The molecule has 0 aliphatic carbocycles. The minimum Gasteiger partial charge on any atom is -0.342 e. The van der Waals surface area contributed by atoms with Crippen molar-refractivity contribution in [1.29, 1.82) is 0 Å². The van der Waals surface area contributed by atoms with Crippen LogP contribution in [0.2, 0.25) is 0 Å². The van der Waals surface area contributed by atoms with Crippen LogP contribution in [0.4, 0.5) is 0 Å². The van der Waals surface area contributed by atoms with Crippen LogP contribution < -0.4 is 0 Å². The highest BCUT2D eigenvalue weighted by molar-refractivity contribution is 7.08. The first-order valence-corrected chi connectivity index (χ1v) is 5.48. The maximum atomic E-state index is 11.8. The minimum absolute atomic E-state index is 0.0167. The van der Waals surface area contributed by atoms with Gasteiger partial charge >= 0.3 is 0 Å². The van der Waals surface area contributed by atoms with E-state index in [0.29, 0.717) is 31.1 Å². The highest BCUT2D eigenvalue weighted by Gasteiger charge is 2.21. The second kappa shape index (κ2) is 4.39. The molecule has 0 bridgehead atoms. The highest BCUT2D eigenvalue weighted by Crippen LogP contribution is 2.10. The summed E-state index contributed by atoms with van der Waals surface area (Å²) < 4.78 is 3.90. The molecule has 15 heavy (non-hydrogen) atoms. The van der Waals surface area contributed by atoms with Crippen molar-refractivity contribution in [1.82, 2.24) is 14.2 Å². The first-order chi connectivity index (χ1) is 7.31. The lowest BCUT2D eigenvalue weighted by Gasteiger charge is -2.32. The number of aromatic nitrogens is 1. The van der Waals surface area contributed by atoms with Crippen molar-refractivity contribution in [3.63, 3.8) is 0 Å². The van der Waals surface area contributed by atoms with Crippen molar-refractivity contribution >= 4 is 23.8 Å². The lowest BCUT2D eigenvalue weighted by molar-refractivity contribution is -0.119. The van der Waals surface area contributed by atoms with Crippen LogP contribution >= 0.6 is 11.5 Å². The molecular formula is C9H11N3O2S. The lowest BCUT2D eigenvalue weighted by Crippen LogP contribution is -2.47. The van der Waals surface area contributed by atoms with Crippen LogP contribution in [0.25, 0.3) is 0 Å². The van der Waals surface area contributed by atoms with Gasteiger partial charge in [-0.1, -0.05) is 0 Å². The molecule has 0 N–H and O–H groups in total. The highest BCUT2D eigenvalue weighted by atomic mass is 32.1. The predicted molar refractivity (Wildman–Crippen MR) is 55.7 cm³/mol. The van der Waals surface area contributed by atoms with Gasteiger partial charge in [-0.25, -0.2) is 4.37 Å². The van der Waals surface area contributed by atoms with Gasteiger partial charge in [-0.3, -0.25) is 9.59 Å². The van der Waals surface area contributed by atoms with Crippen molar-refractivity contribution in [2.75, 3.05) is 26.2 Å². The zero-order valence-corrected chi connectivity index (χ0v) is 8.94. The molecule has 1 aromatic heterocycles. The fourth-order valence-electron chi connectivity index (χ4n) is 1.51. The lowest BCUT2D eigenvalue weighted by atomic mass is 10.3. The van der Waals surface area contributed by atoms with Crippen LogP contribution in [0.1, 0.15) is 9.67 Å². The summed E-state index contributed by atoms with van der Waals surface area (Å²) in [6.45, 7) is 2.45. The van der Waals surface area contributed by atoms with Crippen LogP contribution in [0.15, 0.2) is 12.3 Å². The number of nitrogens with zero attached hydrogens (tertiary/aromatic N) is 3. The second-order valence-electron chi connectivity index (χ2n) is 3.31. The molecular weight excluding hydrogens is 214 g/mol. The number of piperazine rings is 1. The van der Waals surface area contributed by atoms with Crippen LogP contribution in [-0.4, -0.2) is 52.7 Å². The smallest absolute Gasteiger partial charge is 0.265 e. The third kappa shape index (κ3) is 2.15. The van der Waals surface area contributed by atoms with Gasteiger partial charge < -0.3 is 9.80 Å². The summed E-state index contributed by atoms with van der Waals surface area (Å²) in [4.78, 5) is 26.4. The number of hydrogen-bond donors (Lipinski definition) is 0. The monoisotopic (exact) mass is 225 g/mol. The Morgan fingerprint density at radius 1 is 1.40 bits per heavy atom. The molecule has 1 saturated heterocycles. The largest absolute Gasteiger partial charge is 0.342 e. The Hall–Kier alpha value is -1.43. The van der Waals surface area contributed by atoms with Crippen LogP contribution in [-0.2, 0) is 4.79 Å². The van der Waals surface area contributed by atoms with Gasteiger partial charge in [-0.05, 0) is 17.6 Å². The molecule has 5 nitrogen and oxygen atoms in total. The average Bonchev–Trinajstić information content (AvgIpc) is 2.82. The summed E-state index contributed by atoms with van der Waals surface area (Å²) in [5.41, 5.74) is 0. The summed E-state index contributed by atoms with van der Waals surface area (Å²) in [6.07, 6.45) is 2.45. The van der Waals surface area contributed by atoms with E-state index in [9.17, 15) is 9.59 Å². The molecule has 0 spiro atoms. The molecule has 1 aliphatic rings. The SMILES string of the molecule is O=CN1CCN(C(=O)c2ccns2)CC1. The average molecular weight is 225 g/mol. The van der Waals surface area contributed by atoms with Crippen molar-refractivity contribution in [3.8, 4) is 0 Å². The third-order valence-corrected chi connectivity index (χ3v) is 3.13. The summed E-state index contributed by atoms with van der Waals surface area (Å²) in [6, 6.07) is 1.72. The zero-order chi connectivity index (χ0) is 10.7. The van der Waals surface area contributed by atoms with E-state index in [4.69, 9.17) is 0 Å². The molecule has 1 fully saturated rings. The van der Waals surface area contributed by atoms with Gasteiger partial charge in [0.2, 0.25) is 6.41 Å². The zero-order valence-electron chi connectivity index (χ0n) is 8.13. The molecule has 1 aliphatic heterocycles. The second-order valence-corrected chi connectivity index (χ2v) is 4.14. The number of rotatable bonds is 2. The van der Waals surface area contributed by atoms with Gasteiger partial charge in [0.15, 0.2) is 0 Å². The maximum Gasteiger partial charge on any atom is 0.265 e. The molecule has 2 rings (SSSR count). The predicted octanol–water partition coefficient (Wildman–Crippen LogP) is 0.0573. The quantitative estimate of drug-likeness (QED) is 0.669. The molecule has 0 aromatic carbocycles. The Bertz CT molecular complexity index is 344. The van der Waals surface area contributed by atoms with E-state index in [1.807, 2.05) is 0 Å². The van der Waals surface area contributed by atoms with E-state index in [1.165, 1.54) is 11.5 Å². The van der Waals surface area contributed by atoms with Crippen LogP contribution in [0.3, 0.4) is 0 Å². The van der Waals surface area contributed by atoms with Gasteiger partial charge in [0.1, 0.15) is 4.88 Å². The number of amides is 2. The van der Waals surface area contributed by atoms with E-state index in [-0.39, 0.29) is 5.91 Å². The first kappa shape index (κ1) is 10.1. The molecule has 0 radical (unpaired) electrons. The number of hydrogen-bond acceptors (Lipinski definition) is 4. The Labute approximate surface area is 91.5 Å². The van der Waals surface area contributed by atoms with E-state index < -0.39 is 0 Å². The van der Waals surface area contributed by atoms with Gasteiger partial charge in [-0.2, -0.15) is 0 Å². The molecule has 1 aromatic rings. The van der Waals surface area contributed by atoms with Crippen LogP contribution in [0, 0.1) is 0 Å². The summed E-state index contributed by atoms with van der Waals surface area (Å²) in [5, 5.41) is 0. The fraction of sp³-hybridized carbons (Fsp3) is 0.444. The Morgan fingerprint density at radius 3 is 2.67 bits per heavy atom. The molecule has 2 amide bonds. The fourth-order valence-corrected chi connectivity index (χ4v) is 2.08. The van der Waals surface area contributed by atoms with E-state index in [0.717, 1.165) is 6.41 Å². The van der Waals surface area contributed by atoms with Crippen molar-refractivity contribution in [3.05, 3.63) is 17.1 Å². The van der Waals surface area contributed by atoms with Gasteiger partial charge in [0.25, 0.3) is 5.91 Å². The standard InChI is InChI=1S/C9H11N3O2S/c13-7-11-3-5-12(6-4-11)9(14)8-1-2-10-15-8/h1-2,7H,3-6H2. The topological polar surface area (TPSA) is 53.5 Å². The molecule has 80 valence electrons. The van der Waals surface area contributed by atoms with E-state index >= 15 is 0 Å². The van der Waals surface area contributed by atoms with E-state index in [2.05, 4.69) is 4.37 Å². The van der Waals surface area contributed by atoms with Gasteiger partial charge in [-0.15, -0.1) is 0 Å². The van der Waals surface area contributed by atoms with E-state index in [1.54, 1.807) is 22.1 Å². The van der Waals surface area contributed by atoms with Crippen molar-refractivity contribution in [2.45, 2.75) is 0 Å².